The highest BCUT2D eigenvalue weighted by Crippen LogP contribution is 2.37. The smallest absolute Gasteiger partial charge is 0.264 e. The predicted octanol–water partition coefficient (Wildman–Crippen LogP) is 2.90. The van der Waals surface area contributed by atoms with Crippen LogP contribution in [0.3, 0.4) is 0 Å². The van der Waals surface area contributed by atoms with Crippen LogP contribution in [0.2, 0.25) is 0 Å². The summed E-state index contributed by atoms with van der Waals surface area (Å²) >= 11 is 0. The van der Waals surface area contributed by atoms with Crippen molar-refractivity contribution >= 4 is 15.7 Å². The van der Waals surface area contributed by atoms with E-state index in [1.807, 2.05) is 6.07 Å². The quantitative estimate of drug-likeness (QED) is 0.726. The Labute approximate surface area is 157 Å². The summed E-state index contributed by atoms with van der Waals surface area (Å²) in [7, 11) is -2.19. The topological polar surface area (TPSA) is 102 Å². The summed E-state index contributed by atoms with van der Waals surface area (Å²) in [4.78, 5) is 4.54. The number of sulfonamides is 1. The zero-order valence-corrected chi connectivity index (χ0v) is 15.7. The van der Waals surface area contributed by atoms with Gasteiger partial charge in [0.15, 0.2) is 5.82 Å². The molecule has 0 aliphatic heterocycles. The largest absolute Gasteiger partial charge is 0.334 e. The van der Waals surface area contributed by atoms with E-state index >= 15 is 0 Å². The zero-order chi connectivity index (χ0) is 19.1. The molecule has 8 heteroatoms. The second-order valence-corrected chi connectivity index (χ2v) is 8.74. The summed E-state index contributed by atoms with van der Waals surface area (Å²) in [6.07, 6.45) is 2.68. The molecule has 1 aliphatic rings. The molecule has 0 atom stereocenters. The van der Waals surface area contributed by atoms with E-state index in [-0.39, 0.29) is 10.8 Å². The number of aromatic nitrogens is 2. The molecule has 1 aliphatic carbocycles. The van der Waals surface area contributed by atoms with Crippen molar-refractivity contribution in [1.29, 1.82) is 0 Å². The Hall–Kier alpha value is -2.71. The van der Waals surface area contributed by atoms with E-state index in [9.17, 15) is 8.42 Å². The minimum atomic E-state index is -3.72. The van der Waals surface area contributed by atoms with Gasteiger partial charge >= 0.3 is 0 Å². The molecule has 0 spiro atoms. The van der Waals surface area contributed by atoms with Gasteiger partial charge in [0.05, 0.1) is 16.1 Å². The normalized spacial score (nSPS) is 15.9. The molecule has 1 saturated carbocycles. The number of anilines is 1. The third-order valence-corrected chi connectivity index (χ3v) is 6.76. The van der Waals surface area contributed by atoms with Gasteiger partial charge in [-0.2, -0.15) is 4.98 Å². The number of rotatable bonds is 5. The molecule has 0 saturated heterocycles. The van der Waals surface area contributed by atoms with Crippen LogP contribution in [0.15, 0.2) is 64.0 Å². The van der Waals surface area contributed by atoms with E-state index < -0.39 is 15.6 Å². The Morgan fingerprint density at radius 1 is 1.11 bits per heavy atom. The Bertz CT molecular complexity index is 1060. The fourth-order valence-electron chi connectivity index (χ4n) is 3.05. The second-order valence-electron chi connectivity index (χ2n) is 6.77. The van der Waals surface area contributed by atoms with Crippen molar-refractivity contribution in [3.8, 4) is 11.5 Å². The van der Waals surface area contributed by atoms with Crippen LogP contribution < -0.4 is 10.0 Å². The molecule has 140 valence electrons. The summed E-state index contributed by atoms with van der Waals surface area (Å²) in [5.41, 5.74) is 6.82. The van der Waals surface area contributed by atoms with Gasteiger partial charge in [0.1, 0.15) is 0 Å². The van der Waals surface area contributed by atoms with Gasteiger partial charge in [0.25, 0.3) is 15.9 Å². The highest BCUT2D eigenvalue weighted by molar-refractivity contribution is 7.92. The van der Waals surface area contributed by atoms with Crippen LogP contribution in [-0.4, -0.2) is 25.6 Å². The first-order valence-electron chi connectivity index (χ1n) is 8.68. The maximum Gasteiger partial charge on any atom is 0.264 e. The molecule has 2 N–H and O–H groups in total. The molecule has 3 aromatic rings. The van der Waals surface area contributed by atoms with Gasteiger partial charge in [0.2, 0.25) is 0 Å². The molecule has 0 amide bonds. The molecule has 0 radical (unpaired) electrons. The van der Waals surface area contributed by atoms with Gasteiger partial charge in [0, 0.05) is 12.6 Å². The lowest BCUT2D eigenvalue weighted by Crippen LogP contribution is -2.44. The molecular formula is C19H20N4O3S. The lowest BCUT2D eigenvalue weighted by atomic mass is 9.77. The highest BCUT2D eigenvalue weighted by atomic mass is 32.2. The number of hydrogen-bond acceptors (Lipinski definition) is 6. The van der Waals surface area contributed by atoms with Crippen molar-refractivity contribution in [3.05, 3.63) is 60.4 Å². The van der Waals surface area contributed by atoms with Gasteiger partial charge in [-0.15, -0.1) is 0 Å². The molecular weight excluding hydrogens is 364 g/mol. The lowest BCUT2D eigenvalue weighted by Gasteiger charge is -2.34. The number of benzene rings is 2. The van der Waals surface area contributed by atoms with Gasteiger partial charge in [-0.05, 0) is 49.6 Å². The van der Waals surface area contributed by atoms with Crippen LogP contribution in [0.25, 0.3) is 11.5 Å². The summed E-state index contributed by atoms with van der Waals surface area (Å²) < 4.78 is 32.5. The van der Waals surface area contributed by atoms with Crippen molar-refractivity contribution in [2.24, 2.45) is 5.73 Å². The Kier molecular flexibility index (Phi) is 4.24. The third kappa shape index (κ3) is 3.11. The van der Waals surface area contributed by atoms with E-state index in [1.165, 1.54) is 17.4 Å². The van der Waals surface area contributed by atoms with Gasteiger partial charge < -0.3 is 10.3 Å². The molecule has 0 unspecified atom stereocenters. The predicted molar refractivity (Wildman–Crippen MR) is 101 cm³/mol. The van der Waals surface area contributed by atoms with E-state index in [4.69, 9.17) is 10.3 Å². The van der Waals surface area contributed by atoms with Crippen molar-refractivity contribution in [2.75, 3.05) is 11.4 Å². The molecule has 2 aromatic carbocycles. The van der Waals surface area contributed by atoms with Crippen LogP contribution in [-0.2, 0) is 15.6 Å². The SMILES string of the molecule is CN(c1ccccc1)S(=O)(=O)c1cccc(-c2nc(C3(N)CCC3)no2)c1. The summed E-state index contributed by atoms with van der Waals surface area (Å²) in [6.45, 7) is 0. The van der Waals surface area contributed by atoms with E-state index in [1.54, 1.807) is 42.5 Å². The second kappa shape index (κ2) is 6.47. The summed E-state index contributed by atoms with van der Waals surface area (Å²) in [6, 6.07) is 15.4. The average molecular weight is 384 g/mol. The molecule has 1 fully saturated rings. The zero-order valence-electron chi connectivity index (χ0n) is 14.9. The Balaban J connectivity index is 1.66. The maximum atomic E-state index is 13.0. The summed E-state index contributed by atoms with van der Waals surface area (Å²) in [5, 5.41) is 3.99. The Morgan fingerprint density at radius 2 is 1.85 bits per heavy atom. The van der Waals surface area contributed by atoms with Crippen molar-refractivity contribution in [1.82, 2.24) is 10.1 Å². The standard InChI is InChI=1S/C19H20N4O3S/c1-23(15-8-3-2-4-9-15)27(24,25)16-10-5-7-14(13-16)17-21-18(22-26-17)19(20)11-6-12-19/h2-5,7-10,13H,6,11-12,20H2,1H3. The number of nitrogens with zero attached hydrogens (tertiary/aromatic N) is 3. The molecule has 27 heavy (non-hydrogen) atoms. The van der Waals surface area contributed by atoms with E-state index in [0.29, 0.717) is 17.1 Å². The first kappa shape index (κ1) is 17.7. The molecule has 7 nitrogen and oxygen atoms in total. The lowest BCUT2D eigenvalue weighted by molar-refractivity contribution is 0.229. The Morgan fingerprint density at radius 3 is 2.52 bits per heavy atom. The minimum Gasteiger partial charge on any atom is -0.334 e. The van der Waals surface area contributed by atoms with E-state index in [2.05, 4.69) is 10.1 Å². The fourth-order valence-corrected chi connectivity index (χ4v) is 4.29. The van der Waals surface area contributed by atoms with Gasteiger partial charge in [-0.3, -0.25) is 4.31 Å². The van der Waals surface area contributed by atoms with Crippen LogP contribution in [0, 0.1) is 0 Å². The van der Waals surface area contributed by atoms with Gasteiger partial charge in [-0.1, -0.05) is 29.4 Å². The van der Waals surface area contributed by atoms with Crippen LogP contribution in [0.4, 0.5) is 5.69 Å². The van der Waals surface area contributed by atoms with Crippen LogP contribution >= 0.6 is 0 Å². The number of para-hydroxylation sites is 1. The molecule has 1 heterocycles. The first-order valence-corrected chi connectivity index (χ1v) is 10.1. The maximum absolute atomic E-state index is 13.0. The first-order chi connectivity index (χ1) is 12.9. The van der Waals surface area contributed by atoms with E-state index in [0.717, 1.165) is 19.3 Å². The average Bonchev–Trinajstić information content (AvgIpc) is 3.17. The van der Waals surface area contributed by atoms with Crippen LogP contribution in [0.1, 0.15) is 25.1 Å². The highest BCUT2D eigenvalue weighted by Gasteiger charge is 2.39. The number of nitrogens with two attached hydrogens (primary N) is 1. The summed E-state index contributed by atoms with van der Waals surface area (Å²) in [5.74, 6) is 0.736. The minimum absolute atomic E-state index is 0.150. The molecule has 1 aromatic heterocycles. The van der Waals surface area contributed by atoms with Crippen molar-refractivity contribution in [3.63, 3.8) is 0 Å². The molecule has 4 rings (SSSR count). The third-order valence-electron chi connectivity index (χ3n) is 4.98. The van der Waals surface area contributed by atoms with Crippen LogP contribution in [0.5, 0.6) is 0 Å². The molecule has 0 bridgehead atoms. The monoisotopic (exact) mass is 384 g/mol. The van der Waals surface area contributed by atoms with Crippen molar-refractivity contribution < 1.29 is 12.9 Å². The number of hydrogen-bond donors (Lipinski definition) is 1. The van der Waals surface area contributed by atoms with Crippen molar-refractivity contribution in [2.45, 2.75) is 29.7 Å². The van der Waals surface area contributed by atoms with Gasteiger partial charge in [-0.25, -0.2) is 8.42 Å². The fraction of sp³-hybridized carbons (Fsp3) is 0.263.